The van der Waals surface area contributed by atoms with Gasteiger partial charge in [-0.1, -0.05) is 6.07 Å². The van der Waals surface area contributed by atoms with Crippen molar-refractivity contribution >= 4 is 28.9 Å². The summed E-state index contributed by atoms with van der Waals surface area (Å²) in [5.74, 6) is -0.944. The highest BCUT2D eigenvalue weighted by Gasteiger charge is 2.19. The predicted octanol–water partition coefficient (Wildman–Crippen LogP) is 2.61. The lowest BCUT2D eigenvalue weighted by Gasteiger charge is -2.04. The number of hydrogen-bond donors (Lipinski definition) is 2. The first-order valence-electron chi connectivity index (χ1n) is 5.39. The molecule has 1 amide bonds. The Morgan fingerprint density at radius 1 is 1.33 bits per heavy atom. The maximum Gasteiger partial charge on any atom is 0.346 e. The SMILES string of the molecule is O=C1Cc2cc(-c3ccsc3C(=O)O)ccc2N1. The molecule has 90 valence electrons. The van der Waals surface area contributed by atoms with Crippen molar-refractivity contribution in [3.8, 4) is 11.1 Å². The number of amides is 1. The molecule has 0 saturated heterocycles. The van der Waals surface area contributed by atoms with Crippen molar-refractivity contribution in [1.82, 2.24) is 0 Å². The van der Waals surface area contributed by atoms with Crippen LogP contribution < -0.4 is 5.32 Å². The van der Waals surface area contributed by atoms with Crippen LogP contribution in [0.5, 0.6) is 0 Å². The van der Waals surface area contributed by atoms with E-state index in [1.54, 1.807) is 11.4 Å². The van der Waals surface area contributed by atoms with Gasteiger partial charge in [0.25, 0.3) is 0 Å². The number of hydrogen-bond acceptors (Lipinski definition) is 3. The van der Waals surface area contributed by atoms with Crippen LogP contribution in [0.4, 0.5) is 5.69 Å². The molecule has 2 aromatic rings. The van der Waals surface area contributed by atoms with Gasteiger partial charge in [-0.05, 0) is 34.7 Å². The number of carbonyl (C=O) groups is 2. The summed E-state index contributed by atoms with van der Waals surface area (Å²) in [6.07, 6.45) is 0.357. The van der Waals surface area contributed by atoms with E-state index in [0.29, 0.717) is 16.9 Å². The van der Waals surface area contributed by atoms with Gasteiger partial charge in [-0.3, -0.25) is 4.79 Å². The highest BCUT2D eigenvalue weighted by atomic mass is 32.1. The number of thiophene rings is 1. The third kappa shape index (κ3) is 1.69. The second kappa shape index (κ2) is 3.96. The van der Waals surface area contributed by atoms with Gasteiger partial charge in [0.2, 0.25) is 5.91 Å². The van der Waals surface area contributed by atoms with Gasteiger partial charge in [0.15, 0.2) is 0 Å². The van der Waals surface area contributed by atoms with E-state index < -0.39 is 5.97 Å². The van der Waals surface area contributed by atoms with Crippen molar-refractivity contribution in [3.05, 3.63) is 40.1 Å². The van der Waals surface area contributed by atoms with Crippen LogP contribution in [0.1, 0.15) is 15.2 Å². The van der Waals surface area contributed by atoms with Gasteiger partial charge >= 0.3 is 5.97 Å². The normalized spacial score (nSPS) is 13.2. The molecule has 2 heterocycles. The van der Waals surface area contributed by atoms with Crippen LogP contribution in [0.15, 0.2) is 29.6 Å². The zero-order valence-corrected chi connectivity index (χ0v) is 10.1. The molecule has 0 aliphatic carbocycles. The first-order chi connectivity index (χ1) is 8.65. The highest BCUT2D eigenvalue weighted by molar-refractivity contribution is 7.12. The Bertz CT molecular complexity index is 660. The number of carboxylic acids is 1. The number of benzene rings is 1. The van der Waals surface area contributed by atoms with E-state index in [1.807, 2.05) is 18.2 Å². The molecular weight excluding hydrogens is 250 g/mol. The fraction of sp³-hybridized carbons (Fsp3) is 0.0769. The van der Waals surface area contributed by atoms with Gasteiger partial charge in [0, 0.05) is 11.3 Å². The molecule has 0 bridgehead atoms. The van der Waals surface area contributed by atoms with Crippen molar-refractivity contribution in [2.75, 3.05) is 5.32 Å². The lowest BCUT2D eigenvalue weighted by molar-refractivity contribution is -0.115. The Morgan fingerprint density at radius 3 is 2.94 bits per heavy atom. The average Bonchev–Trinajstić information content (AvgIpc) is 2.91. The summed E-state index contributed by atoms with van der Waals surface area (Å²) in [4.78, 5) is 22.7. The van der Waals surface area contributed by atoms with Gasteiger partial charge in [-0.25, -0.2) is 4.79 Å². The monoisotopic (exact) mass is 259 g/mol. The molecule has 0 unspecified atom stereocenters. The largest absolute Gasteiger partial charge is 0.477 e. The van der Waals surface area contributed by atoms with E-state index in [1.165, 1.54) is 11.3 Å². The predicted molar refractivity (Wildman–Crippen MR) is 69.0 cm³/mol. The molecule has 18 heavy (non-hydrogen) atoms. The van der Waals surface area contributed by atoms with E-state index in [0.717, 1.165) is 16.8 Å². The van der Waals surface area contributed by atoms with Crippen molar-refractivity contribution in [1.29, 1.82) is 0 Å². The maximum absolute atomic E-state index is 11.3. The van der Waals surface area contributed by atoms with Crippen LogP contribution >= 0.6 is 11.3 Å². The molecule has 1 aliphatic rings. The minimum atomic E-state index is -0.922. The first kappa shape index (κ1) is 11.0. The van der Waals surface area contributed by atoms with Crippen LogP contribution in [0, 0.1) is 0 Å². The van der Waals surface area contributed by atoms with E-state index in [4.69, 9.17) is 5.11 Å². The molecule has 4 nitrogen and oxygen atoms in total. The zero-order valence-electron chi connectivity index (χ0n) is 9.27. The summed E-state index contributed by atoms with van der Waals surface area (Å²) in [5, 5.41) is 13.6. The van der Waals surface area contributed by atoms with E-state index in [2.05, 4.69) is 5.32 Å². The number of nitrogens with one attached hydrogen (secondary N) is 1. The van der Waals surface area contributed by atoms with Gasteiger partial charge in [-0.15, -0.1) is 11.3 Å². The van der Waals surface area contributed by atoms with Gasteiger partial charge < -0.3 is 10.4 Å². The molecule has 1 aromatic carbocycles. The smallest absolute Gasteiger partial charge is 0.346 e. The number of carboxylic acid groups (broad SMARTS) is 1. The second-order valence-corrected chi connectivity index (χ2v) is 4.98. The van der Waals surface area contributed by atoms with E-state index in [-0.39, 0.29) is 5.91 Å². The van der Waals surface area contributed by atoms with Crippen molar-refractivity contribution in [2.24, 2.45) is 0 Å². The minimum Gasteiger partial charge on any atom is -0.477 e. The molecule has 1 aromatic heterocycles. The summed E-state index contributed by atoms with van der Waals surface area (Å²) >= 11 is 1.20. The topological polar surface area (TPSA) is 66.4 Å². The lowest BCUT2D eigenvalue weighted by atomic mass is 10.0. The van der Waals surface area contributed by atoms with Gasteiger partial charge in [0.05, 0.1) is 6.42 Å². The molecule has 0 atom stereocenters. The van der Waals surface area contributed by atoms with Crippen LogP contribution in [-0.4, -0.2) is 17.0 Å². The molecule has 0 saturated carbocycles. The van der Waals surface area contributed by atoms with Crippen molar-refractivity contribution in [3.63, 3.8) is 0 Å². The fourth-order valence-corrected chi connectivity index (χ4v) is 2.85. The van der Waals surface area contributed by atoms with Crippen LogP contribution in [0.25, 0.3) is 11.1 Å². The van der Waals surface area contributed by atoms with Crippen LogP contribution in [-0.2, 0) is 11.2 Å². The maximum atomic E-state index is 11.3. The van der Waals surface area contributed by atoms with Gasteiger partial charge in [0.1, 0.15) is 4.88 Å². The fourth-order valence-electron chi connectivity index (χ4n) is 2.10. The number of fused-ring (bicyclic) bond motifs is 1. The Balaban J connectivity index is 2.08. The molecule has 5 heteroatoms. The number of rotatable bonds is 2. The molecule has 3 rings (SSSR count). The Labute approximate surface area is 107 Å². The molecule has 0 spiro atoms. The summed E-state index contributed by atoms with van der Waals surface area (Å²) in [5.41, 5.74) is 3.27. The second-order valence-electron chi connectivity index (χ2n) is 4.07. The third-order valence-corrected chi connectivity index (χ3v) is 3.80. The zero-order chi connectivity index (χ0) is 12.7. The Kier molecular flexibility index (Phi) is 2.41. The van der Waals surface area contributed by atoms with Crippen LogP contribution in [0.2, 0.25) is 0 Å². The third-order valence-electron chi connectivity index (χ3n) is 2.90. The molecule has 2 N–H and O–H groups in total. The molecule has 1 aliphatic heterocycles. The lowest BCUT2D eigenvalue weighted by Crippen LogP contribution is -2.03. The summed E-state index contributed by atoms with van der Waals surface area (Å²) < 4.78 is 0. The number of anilines is 1. The summed E-state index contributed by atoms with van der Waals surface area (Å²) in [7, 11) is 0. The van der Waals surface area contributed by atoms with Gasteiger partial charge in [-0.2, -0.15) is 0 Å². The number of carbonyl (C=O) groups excluding carboxylic acids is 1. The molecule has 0 radical (unpaired) electrons. The van der Waals surface area contributed by atoms with E-state index in [9.17, 15) is 9.59 Å². The summed E-state index contributed by atoms with van der Waals surface area (Å²) in [6.45, 7) is 0. The van der Waals surface area contributed by atoms with E-state index >= 15 is 0 Å². The number of aromatic carboxylic acids is 1. The molecular formula is C13H9NO3S. The standard InChI is InChI=1S/C13H9NO3S/c15-11-6-8-5-7(1-2-10(8)14-11)9-3-4-18-12(9)13(16)17/h1-5H,6H2,(H,14,15)(H,16,17). The quantitative estimate of drug-likeness (QED) is 0.871. The summed E-state index contributed by atoms with van der Waals surface area (Å²) in [6, 6.07) is 7.32. The highest BCUT2D eigenvalue weighted by Crippen LogP contribution is 2.32. The Hall–Kier alpha value is -2.14. The van der Waals surface area contributed by atoms with Crippen LogP contribution in [0.3, 0.4) is 0 Å². The first-order valence-corrected chi connectivity index (χ1v) is 6.27. The van der Waals surface area contributed by atoms with Crippen molar-refractivity contribution in [2.45, 2.75) is 6.42 Å². The minimum absolute atomic E-state index is 0.0223. The Morgan fingerprint density at radius 2 is 2.17 bits per heavy atom. The van der Waals surface area contributed by atoms with Crippen molar-refractivity contribution < 1.29 is 14.7 Å². The molecule has 0 fully saturated rings. The average molecular weight is 259 g/mol.